The molecule has 1 amide bonds. The molecule has 23 heavy (non-hydrogen) atoms. The lowest BCUT2D eigenvalue weighted by atomic mass is 10.1. The van der Waals surface area contributed by atoms with Crippen molar-refractivity contribution in [2.75, 3.05) is 43.1 Å². The van der Waals surface area contributed by atoms with Crippen LogP contribution >= 0.6 is 0 Å². The number of para-hydroxylation sites is 1. The molecule has 1 aromatic rings. The lowest BCUT2D eigenvalue weighted by Crippen LogP contribution is -2.50. The minimum Gasteiger partial charge on any atom is -0.443 e. The van der Waals surface area contributed by atoms with Crippen molar-refractivity contribution in [2.45, 2.75) is 12.1 Å². The molecule has 2 fully saturated rings. The Balaban J connectivity index is 1.65. The molecule has 0 aromatic heterocycles. The SMILES string of the molecule is O=C(Nc1ccccc1)O[C@H]1CS(=O)(=O)C[C@H]1N1CCOCC1. The third-order valence-corrected chi connectivity index (χ3v) is 5.75. The van der Waals surface area contributed by atoms with Crippen molar-refractivity contribution in [2.24, 2.45) is 0 Å². The minimum atomic E-state index is -3.20. The van der Waals surface area contributed by atoms with E-state index >= 15 is 0 Å². The number of nitrogens with one attached hydrogen (secondary N) is 1. The summed E-state index contributed by atoms with van der Waals surface area (Å²) in [6.45, 7) is 2.44. The Kier molecular flexibility index (Phi) is 4.84. The lowest BCUT2D eigenvalue weighted by Gasteiger charge is -2.34. The zero-order valence-electron chi connectivity index (χ0n) is 12.7. The molecule has 3 rings (SSSR count). The van der Waals surface area contributed by atoms with E-state index < -0.39 is 22.0 Å². The average Bonchev–Trinajstić information content (AvgIpc) is 2.83. The number of carbonyl (C=O) groups is 1. The van der Waals surface area contributed by atoms with Crippen molar-refractivity contribution >= 4 is 21.6 Å². The van der Waals surface area contributed by atoms with Gasteiger partial charge in [-0.15, -0.1) is 0 Å². The van der Waals surface area contributed by atoms with Crippen LogP contribution in [0.5, 0.6) is 0 Å². The maximum atomic E-state index is 12.0. The molecule has 0 radical (unpaired) electrons. The summed E-state index contributed by atoms with van der Waals surface area (Å²) in [4.78, 5) is 14.1. The van der Waals surface area contributed by atoms with Gasteiger partial charge in [-0.05, 0) is 12.1 Å². The van der Waals surface area contributed by atoms with E-state index in [2.05, 4.69) is 5.32 Å². The van der Waals surface area contributed by atoms with Gasteiger partial charge in [-0.2, -0.15) is 0 Å². The third-order valence-electron chi connectivity index (χ3n) is 4.07. The number of amides is 1. The molecule has 0 aliphatic carbocycles. The summed E-state index contributed by atoms with van der Waals surface area (Å²) in [6.07, 6.45) is -1.28. The van der Waals surface area contributed by atoms with Crippen molar-refractivity contribution in [3.8, 4) is 0 Å². The number of anilines is 1. The highest BCUT2D eigenvalue weighted by atomic mass is 32.2. The second-order valence-electron chi connectivity index (χ2n) is 5.73. The van der Waals surface area contributed by atoms with Crippen LogP contribution in [0.1, 0.15) is 0 Å². The molecule has 2 atom stereocenters. The fourth-order valence-electron chi connectivity index (χ4n) is 2.97. The zero-order chi connectivity index (χ0) is 16.3. The highest BCUT2D eigenvalue weighted by molar-refractivity contribution is 7.91. The average molecular weight is 340 g/mol. The van der Waals surface area contributed by atoms with Crippen molar-refractivity contribution in [3.63, 3.8) is 0 Å². The number of sulfone groups is 1. The quantitative estimate of drug-likeness (QED) is 0.873. The minimum absolute atomic E-state index is 0.0241. The van der Waals surface area contributed by atoms with Crippen molar-refractivity contribution < 1.29 is 22.7 Å². The van der Waals surface area contributed by atoms with Crippen LogP contribution in [0.25, 0.3) is 0 Å². The fraction of sp³-hybridized carbons (Fsp3) is 0.533. The van der Waals surface area contributed by atoms with Gasteiger partial charge < -0.3 is 9.47 Å². The normalized spacial score (nSPS) is 27.5. The molecule has 8 heteroatoms. The van der Waals surface area contributed by atoms with E-state index in [0.717, 1.165) is 0 Å². The Morgan fingerprint density at radius 3 is 2.57 bits per heavy atom. The van der Waals surface area contributed by atoms with Crippen molar-refractivity contribution in [3.05, 3.63) is 30.3 Å². The van der Waals surface area contributed by atoms with Gasteiger partial charge in [0, 0.05) is 18.8 Å². The molecule has 0 unspecified atom stereocenters. The molecule has 2 saturated heterocycles. The number of benzene rings is 1. The summed E-state index contributed by atoms with van der Waals surface area (Å²) < 4.78 is 34.6. The van der Waals surface area contributed by atoms with Gasteiger partial charge in [0.25, 0.3) is 0 Å². The smallest absolute Gasteiger partial charge is 0.411 e. The van der Waals surface area contributed by atoms with E-state index in [4.69, 9.17) is 9.47 Å². The standard InChI is InChI=1S/C15H20N2O5S/c18-15(16-12-4-2-1-3-5-12)22-14-11-23(19,20)10-13(14)17-6-8-21-9-7-17/h1-5,13-14H,6-11H2,(H,16,18)/t13-,14+/m1/s1. The fourth-order valence-corrected chi connectivity index (χ4v) is 4.84. The van der Waals surface area contributed by atoms with E-state index in [-0.39, 0.29) is 17.5 Å². The molecule has 1 N–H and O–H groups in total. The molecular formula is C15H20N2O5S. The first-order chi connectivity index (χ1) is 11.0. The van der Waals surface area contributed by atoms with Crippen LogP contribution in [0.2, 0.25) is 0 Å². The predicted octanol–water partition coefficient (Wildman–Crippen LogP) is 0.733. The van der Waals surface area contributed by atoms with E-state index in [0.29, 0.717) is 32.0 Å². The summed E-state index contributed by atoms with van der Waals surface area (Å²) in [6, 6.07) is 8.62. The number of morpholine rings is 1. The van der Waals surface area contributed by atoms with Gasteiger partial charge in [-0.3, -0.25) is 10.2 Å². The van der Waals surface area contributed by atoms with Crippen LogP contribution in [-0.4, -0.2) is 69.4 Å². The van der Waals surface area contributed by atoms with E-state index in [1.165, 1.54) is 0 Å². The number of nitrogens with zero attached hydrogens (tertiary/aromatic N) is 1. The lowest BCUT2D eigenvalue weighted by molar-refractivity contribution is -0.00883. The largest absolute Gasteiger partial charge is 0.443 e. The Hall–Kier alpha value is -1.64. The van der Waals surface area contributed by atoms with Crippen LogP contribution in [0.15, 0.2) is 30.3 Å². The highest BCUT2D eigenvalue weighted by Crippen LogP contribution is 2.23. The van der Waals surface area contributed by atoms with Gasteiger partial charge in [-0.25, -0.2) is 13.2 Å². The van der Waals surface area contributed by atoms with Gasteiger partial charge in [0.2, 0.25) is 0 Å². The predicted molar refractivity (Wildman–Crippen MR) is 85.2 cm³/mol. The summed E-state index contributed by atoms with van der Waals surface area (Å²) in [7, 11) is -3.20. The first kappa shape index (κ1) is 16.2. The first-order valence-electron chi connectivity index (χ1n) is 7.58. The molecule has 2 heterocycles. The number of hydrogen-bond acceptors (Lipinski definition) is 6. The van der Waals surface area contributed by atoms with Gasteiger partial charge in [-0.1, -0.05) is 18.2 Å². The molecule has 2 aliphatic heterocycles. The van der Waals surface area contributed by atoms with Crippen LogP contribution < -0.4 is 5.32 Å². The van der Waals surface area contributed by atoms with E-state index in [1.54, 1.807) is 24.3 Å². The Bertz CT molecular complexity index is 643. The molecule has 7 nitrogen and oxygen atoms in total. The first-order valence-corrected chi connectivity index (χ1v) is 9.40. The zero-order valence-corrected chi connectivity index (χ0v) is 13.5. The third kappa shape index (κ3) is 4.21. The Labute approximate surface area is 135 Å². The van der Waals surface area contributed by atoms with Crippen LogP contribution in [0, 0.1) is 0 Å². The molecule has 0 bridgehead atoms. The Morgan fingerprint density at radius 1 is 1.17 bits per heavy atom. The van der Waals surface area contributed by atoms with E-state index in [1.807, 2.05) is 11.0 Å². The van der Waals surface area contributed by atoms with E-state index in [9.17, 15) is 13.2 Å². The van der Waals surface area contributed by atoms with Crippen LogP contribution in [0.3, 0.4) is 0 Å². The van der Waals surface area contributed by atoms with Crippen molar-refractivity contribution in [1.82, 2.24) is 4.90 Å². The molecule has 126 valence electrons. The molecule has 1 aromatic carbocycles. The maximum Gasteiger partial charge on any atom is 0.411 e. The number of carbonyl (C=O) groups excluding carboxylic acids is 1. The molecular weight excluding hydrogens is 320 g/mol. The number of rotatable bonds is 3. The van der Waals surface area contributed by atoms with Gasteiger partial charge in [0.15, 0.2) is 9.84 Å². The summed E-state index contributed by atoms with van der Waals surface area (Å²) in [5.41, 5.74) is 0.612. The Morgan fingerprint density at radius 2 is 1.87 bits per heavy atom. The van der Waals surface area contributed by atoms with Gasteiger partial charge in [0.1, 0.15) is 6.10 Å². The second kappa shape index (κ2) is 6.86. The van der Waals surface area contributed by atoms with Crippen LogP contribution in [-0.2, 0) is 19.3 Å². The number of hydrogen-bond donors (Lipinski definition) is 1. The molecule has 0 spiro atoms. The molecule has 2 aliphatic rings. The van der Waals surface area contributed by atoms with Gasteiger partial charge in [0.05, 0.1) is 30.8 Å². The summed E-state index contributed by atoms with van der Waals surface area (Å²) >= 11 is 0. The summed E-state index contributed by atoms with van der Waals surface area (Å²) in [5, 5.41) is 2.62. The van der Waals surface area contributed by atoms with Crippen LogP contribution in [0.4, 0.5) is 10.5 Å². The molecule has 0 saturated carbocycles. The monoisotopic (exact) mass is 340 g/mol. The van der Waals surface area contributed by atoms with Gasteiger partial charge >= 0.3 is 6.09 Å². The van der Waals surface area contributed by atoms with Crippen molar-refractivity contribution in [1.29, 1.82) is 0 Å². The second-order valence-corrected chi connectivity index (χ2v) is 7.88. The maximum absolute atomic E-state index is 12.0. The highest BCUT2D eigenvalue weighted by Gasteiger charge is 2.43. The summed E-state index contributed by atoms with van der Waals surface area (Å²) in [5.74, 6) is -0.104. The number of ether oxygens (including phenoxy) is 2. The topological polar surface area (TPSA) is 84.9 Å².